The number of sulfonamides is 1. The topological polar surface area (TPSA) is 96.0 Å². The summed E-state index contributed by atoms with van der Waals surface area (Å²) in [5.41, 5.74) is 3.05. The van der Waals surface area contributed by atoms with Crippen molar-refractivity contribution in [1.29, 1.82) is 0 Å². The smallest absolute Gasteiger partial charge is 0.264 e. The van der Waals surface area contributed by atoms with Gasteiger partial charge in [0, 0.05) is 19.5 Å². The summed E-state index contributed by atoms with van der Waals surface area (Å²) >= 11 is 0. The molecule has 0 aromatic heterocycles. The molecule has 258 valence electrons. The number of hydrogen-bond donors (Lipinski definition) is 1. The van der Waals surface area contributed by atoms with E-state index in [2.05, 4.69) is 5.32 Å². The second kappa shape index (κ2) is 17.3. The molecule has 5 aromatic rings. The Morgan fingerprint density at radius 2 is 1.30 bits per heavy atom. The van der Waals surface area contributed by atoms with Gasteiger partial charge in [0.05, 0.1) is 10.6 Å². The molecule has 0 saturated heterocycles. The number of nitrogens with one attached hydrogen (secondary N) is 1. The third-order valence-electron chi connectivity index (χ3n) is 8.29. The number of amides is 2. The predicted molar refractivity (Wildman–Crippen MR) is 198 cm³/mol. The first-order chi connectivity index (χ1) is 24.2. The number of ether oxygens (including phenoxy) is 1. The number of rotatable bonds is 16. The van der Waals surface area contributed by atoms with Gasteiger partial charge in [0.2, 0.25) is 11.8 Å². The summed E-state index contributed by atoms with van der Waals surface area (Å²) in [7, 11) is -4.21. The lowest BCUT2D eigenvalue weighted by atomic mass is 10.0. The van der Waals surface area contributed by atoms with Crippen molar-refractivity contribution in [2.75, 3.05) is 17.4 Å². The first-order valence-electron chi connectivity index (χ1n) is 16.8. The maximum Gasteiger partial charge on any atom is 0.264 e. The molecule has 0 radical (unpaired) electrons. The Kier molecular flexibility index (Phi) is 12.4. The lowest BCUT2D eigenvalue weighted by molar-refractivity contribution is -0.140. The molecule has 5 rings (SSSR count). The number of para-hydroxylation sites is 1. The minimum atomic E-state index is -4.21. The summed E-state index contributed by atoms with van der Waals surface area (Å²) in [6.45, 7) is 4.08. The van der Waals surface area contributed by atoms with Gasteiger partial charge in [-0.2, -0.15) is 0 Å². The lowest BCUT2D eigenvalue weighted by Crippen LogP contribution is -2.53. The summed E-state index contributed by atoms with van der Waals surface area (Å²) in [5, 5.41) is 3.02. The van der Waals surface area contributed by atoms with Gasteiger partial charge in [-0.25, -0.2) is 8.42 Å². The Bertz CT molecular complexity index is 1920. The van der Waals surface area contributed by atoms with E-state index in [9.17, 15) is 18.0 Å². The average Bonchev–Trinajstić information content (AvgIpc) is 3.14. The van der Waals surface area contributed by atoms with Crippen molar-refractivity contribution in [1.82, 2.24) is 10.2 Å². The molecule has 1 unspecified atom stereocenters. The molecule has 8 nitrogen and oxygen atoms in total. The van der Waals surface area contributed by atoms with Gasteiger partial charge in [0.15, 0.2) is 0 Å². The number of carbonyl (C=O) groups excluding carboxylic acids is 2. The van der Waals surface area contributed by atoms with E-state index in [1.807, 2.05) is 98.8 Å². The predicted octanol–water partition coefficient (Wildman–Crippen LogP) is 7.54. The van der Waals surface area contributed by atoms with Crippen molar-refractivity contribution in [2.24, 2.45) is 0 Å². The van der Waals surface area contributed by atoms with E-state index >= 15 is 0 Å². The number of aryl methyl sites for hydroxylation is 1. The average molecular weight is 690 g/mol. The maximum atomic E-state index is 14.7. The molecule has 9 heteroatoms. The molecule has 0 heterocycles. The third kappa shape index (κ3) is 9.60. The van der Waals surface area contributed by atoms with Gasteiger partial charge in [-0.05, 0) is 73.0 Å². The SMILES string of the molecule is CCCCNC(=O)C(Cc1ccccc1)N(Cc1ccc(C)cc1)C(=O)CN(c1ccc(Oc2ccccc2)cc1)S(=O)(=O)c1ccccc1. The van der Waals surface area contributed by atoms with Gasteiger partial charge in [0.1, 0.15) is 24.1 Å². The van der Waals surface area contributed by atoms with Crippen LogP contribution in [0.4, 0.5) is 5.69 Å². The second-order valence-corrected chi connectivity index (χ2v) is 14.0. The van der Waals surface area contributed by atoms with Crippen molar-refractivity contribution < 1.29 is 22.7 Å². The van der Waals surface area contributed by atoms with Crippen LogP contribution in [-0.4, -0.2) is 44.3 Å². The highest BCUT2D eigenvalue weighted by Crippen LogP contribution is 2.29. The number of nitrogens with zero attached hydrogens (tertiary/aromatic N) is 2. The van der Waals surface area contributed by atoms with Crippen molar-refractivity contribution in [2.45, 2.75) is 50.6 Å². The van der Waals surface area contributed by atoms with Crippen molar-refractivity contribution in [3.05, 3.63) is 156 Å². The van der Waals surface area contributed by atoms with E-state index in [-0.39, 0.29) is 29.5 Å². The highest BCUT2D eigenvalue weighted by Gasteiger charge is 2.34. The molecular formula is C41H43N3O5S. The largest absolute Gasteiger partial charge is 0.457 e. The van der Waals surface area contributed by atoms with E-state index in [0.29, 0.717) is 18.0 Å². The van der Waals surface area contributed by atoms with Gasteiger partial charge < -0.3 is 15.0 Å². The van der Waals surface area contributed by atoms with E-state index in [0.717, 1.165) is 33.8 Å². The van der Waals surface area contributed by atoms with Crippen LogP contribution >= 0.6 is 0 Å². The monoisotopic (exact) mass is 689 g/mol. The van der Waals surface area contributed by atoms with E-state index < -0.39 is 28.5 Å². The summed E-state index contributed by atoms with van der Waals surface area (Å²) in [4.78, 5) is 30.1. The fourth-order valence-electron chi connectivity index (χ4n) is 5.50. The first-order valence-corrected chi connectivity index (χ1v) is 18.3. The number of hydrogen-bond acceptors (Lipinski definition) is 5. The standard InChI is InChI=1S/C41H43N3O5S/c1-3-4-28-42-41(46)39(29-33-14-8-5-9-15-33)43(30-34-22-20-32(2)21-23-34)40(45)31-44(50(47,48)38-18-12-7-13-19-38)35-24-26-37(27-25-35)49-36-16-10-6-11-17-36/h5-27,39H,3-4,28-31H2,1-2H3,(H,42,46). The van der Waals surface area contributed by atoms with Gasteiger partial charge >= 0.3 is 0 Å². The molecular weight excluding hydrogens is 647 g/mol. The number of anilines is 1. The molecule has 0 spiro atoms. The molecule has 50 heavy (non-hydrogen) atoms. The van der Waals surface area contributed by atoms with Crippen LogP contribution in [0.3, 0.4) is 0 Å². The van der Waals surface area contributed by atoms with Crippen molar-refractivity contribution >= 4 is 27.5 Å². The molecule has 1 N–H and O–H groups in total. The van der Waals surface area contributed by atoms with E-state index in [4.69, 9.17) is 4.74 Å². The van der Waals surface area contributed by atoms with Crippen LogP contribution in [0.1, 0.15) is 36.5 Å². The molecule has 0 saturated carbocycles. The Labute approximate surface area is 295 Å². The normalized spacial score (nSPS) is 11.7. The molecule has 0 aliphatic heterocycles. The van der Waals surface area contributed by atoms with Crippen molar-refractivity contribution in [3.63, 3.8) is 0 Å². The van der Waals surface area contributed by atoms with Gasteiger partial charge in [-0.1, -0.05) is 110 Å². The fourth-order valence-corrected chi connectivity index (χ4v) is 6.94. The molecule has 0 aliphatic carbocycles. The molecule has 0 fully saturated rings. The summed E-state index contributed by atoms with van der Waals surface area (Å²) in [6.07, 6.45) is 1.95. The third-order valence-corrected chi connectivity index (χ3v) is 10.1. The van der Waals surface area contributed by atoms with Gasteiger partial charge in [-0.15, -0.1) is 0 Å². The van der Waals surface area contributed by atoms with Crippen LogP contribution < -0.4 is 14.4 Å². The van der Waals surface area contributed by atoms with Crippen LogP contribution in [0.15, 0.2) is 144 Å². The quantitative estimate of drug-likeness (QED) is 0.108. The number of benzene rings is 5. The zero-order chi connectivity index (χ0) is 35.3. The minimum absolute atomic E-state index is 0.0423. The highest BCUT2D eigenvalue weighted by atomic mass is 32.2. The lowest BCUT2D eigenvalue weighted by Gasteiger charge is -2.34. The van der Waals surface area contributed by atoms with Crippen molar-refractivity contribution in [3.8, 4) is 11.5 Å². The second-order valence-electron chi connectivity index (χ2n) is 12.1. The van der Waals surface area contributed by atoms with Gasteiger partial charge in [0.25, 0.3) is 10.0 Å². The van der Waals surface area contributed by atoms with Gasteiger partial charge in [-0.3, -0.25) is 13.9 Å². The van der Waals surface area contributed by atoms with Crippen LogP contribution in [0, 0.1) is 6.92 Å². The van der Waals surface area contributed by atoms with Crippen LogP contribution in [-0.2, 0) is 32.6 Å². The van der Waals surface area contributed by atoms with Crippen LogP contribution in [0.2, 0.25) is 0 Å². The van der Waals surface area contributed by atoms with E-state index in [1.54, 1.807) is 42.5 Å². The molecule has 2 amide bonds. The van der Waals surface area contributed by atoms with Crippen LogP contribution in [0.25, 0.3) is 0 Å². The Morgan fingerprint density at radius 3 is 1.92 bits per heavy atom. The Hall–Kier alpha value is -5.41. The van der Waals surface area contributed by atoms with Crippen LogP contribution in [0.5, 0.6) is 11.5 Å². The Morgan fingerprint density at radius 1 is 0.720 bits per heavy atom. The summed E-state index contributed by atoms with van der Waals surface area (Å²) in [6, 6.07) is 40.3. The fraction of sp³-hybridized carbons (Fsp3) is 0.220. The molecule has 0 bridgehead atoms. The Balaban J connectivity index is 1.53. The summed E-state index contributed by atoms with van der Waals surface area (Å²) < 4.78 is 35.6. The molecule has 1 atom stereocenters. The number of carbonyl (C=O) groups is 2. The van der Waals surface area contributed by atoms with E-state index in [1.165, 1.54) is 17.0 Å². The zero-order valence-corrected chi connectivity index (χ0v) is 29.3. The molecule has 5 aromatic carbocycles. The molecule has 0 aliphatic rings. The minimum Gasteiger partial charge on any atom is -0.457 e. The summed E-state index contributed by atoms with van der Waals surface area (Å²) in [5.74, 6) is 0.345. The number of unbranched alkanes of at least 4 members (excludes halogenated alkanes) is 1. The first kappa shape index (κ1) is 35.9. The maximum absolute atomic E-state index is 14.7. The highest BCUT2D eigenvalue weighted by molar-refractivity contribution is 7.92. The zero-order valence-electron chi connectivity index (χ0n) is 28.4.